The van der Waals surface area contributed by atoms with Crippen LogP contribution in [-0.4, -0.2) is 59.0 Å². The molecule has 3 aromatic rings. The van der Waals surface area contributed by atoms with Crippen LogP contribution in [0.15, 0.2) is 34.0 Å². The molecule has 1 fully saturated rings. The molecule has 0 aromatic carbocycles. The van der Waals surface area contributed by atoms with Gasteiger partial charge in [0.2, 0.25) is 0 Å². The number of aromatic amines is 2. The van der Waals surface area contributed by atoms with Crippen molar-refractivity contribution < 1.29 is 4.79 Å². The van der Waals surface area contributed by atoms with Crippen molar-refractivity contribution in [1.29, 1.82) is 0 Å². The van der Waals surface area contributed by atoms with Crippen LogP contribution in [0.25, 0.3) is 10.2 Å². The van der Waals surface area contributed by atoms with Crippen molar-refractivity contribution in [3.05, 3.63) is 55.8 Å². The van der Waals surface area contributed by atoms with Gasteiger partial charge >= 0.3 is 5.69 Å². The average Bonchev–Trinajstić information content (AvgIpc) is 3.11. The molecule has 1 saturated heterocycles. The van der Waals surface area contributed by atoms with E-state index in [1.54, 1.807) is 19.3 Å². The van der Waals surface area contributed by atoms with Crippen LogP contribution in [0.1, 0.15) is 15.4 Å². The van der Waals surface area contributed by atoms with E-state index in [-0.39, 0.29) is 11.5 Å². The van der Waals surface area contributed by atoms with Crippen LogP contribution in [-0.2, 0) is 6.54 Å². The molecular formula is C18H20N6O3S. The van der Waals surface area contributed by atoms with Crippen LogP contribution < -0.4 is 21.5 Å². The van der Waals surface area contributed by atoms with E-state index < -0.39 is 5.69 Å². The Morgan fingerprint density at radius 2 is 2.00 bits per heavy atom. The van der Waals surface area contributed by atoms with Gasteiger partial charge in [0.05, 0.1) is 17.3 Å². The number of hydrogen-bond donors (Lipinski definition) is 3. The minimum atomic E-state index is -0.476. The number of fused-ring (bicyclic) bond motifs is 1. The number of nitrogens with one attached hydrogen (secondary N) is 3. The van der Waals surface area contributed by atoms with Crippen molar-refractivity contribution in [2.45, 2.75) is 6.54 Å². The molecule has 28 heavy (non-hydrogen) atoms. The molecule has 10 heteroatoms. The first-order chi connectivity index (χ1) is 13.5. The second kappa shape index (κ2) is 7.56. The summed E-state index contributed by atoms with van der Waals surface area (Å²) >= 11 is 1.44. The van der Waals surface area contributed by atoms with Gasteiger partial charge in [-0.15, -0.1) is 11.3 Å². The quantitative estimate of drug-likeness (QED) is 0.583. The van der Waals surface area contributed by atoms with E-state index in [9.17, 15) is 14.4 Å². The fraction of sp³-hybridized carbons (Fsp3) is 0.333. The summed E-state index contributed by atoms with van der Waals surface area (Å²) in [5.74, 6) is -0.195. The Morgan fingerprint density at radius 1 is 1.21 bits per heavy atom. The van der Waals surface area contributed by atoms with Gasteiger partial charge in [0.25, 0.3) is 11.5 Å². The van der Waals surface area contributed by atoms with E-state index in [2.05, 4.69) is 30.1 Å². The van der Waals surface area contributed by atoms with Crippen molar-refractivity contribution in [3.63, 3.8) is 0 Å². The lowest BCUT2D eigenvalue weighted by molar-refractivity contribution is 0.0958. The molecule has 9 nitrogen and oxygen atoms in total. The Hall–Kier alpha value is -2.98. The van der Waals surface area contributed by atoms with Crippen LogP contribution in [0.3, 0.4) is 0 Å². The van der Waals surface area contributed by atoms with Gasteiger partial charge < -0.3 is 10.2 Å². The van der Waals surface area contributed by atoms with Gasteiger partial charge in [-0.25, -0.2) is 9.78 Å². The standard InChI is InChI=1S/C18H20N6O3S/c1-19-16(26)14-3-2-11(9-20-14)24-6-4-23(5-7-24)10-12-8-13-15(25)21-18(27)22-17(13)28-12/h2-3,8-9H,4-7,10H2,1H3,(H,19,26)(H2,21,22,25,27). The lowest BCUT2D eigenvalue weighted by Crippen LogP contribution is -2.45. The van der Waals surface area contributed by atoms with Gasteiger partial charge in [0.15, 0.2) is 0 Å². The lowest BCUT2D eigenvalue weighted by Gasteiger charge is -2.35. The number of nitrogens with zero attached hydrogens (tertiary/aromatic N) is 3. The molecule has 4 rings (SSSR count). The number of amides is 1. The molecule has 0 radical (unpaired) electrons. The first kappa shape index (κ1) is 18.4. The van der Waals surface area contributed by atoms with Crippen molar-refractivity contribution in [2.24, 2.45) is 0 Å². The fourth-order valence-electron chi connectivity index (χ4n) is 3.31. The number of piperazine rings is 1. The highest BCUT2D eigenvalue weighted by Crippen LogP contribution is 2.23. The summed E-state index contributed by atoms with van der Waals surface area (Å²) < 4.78 is 0. The van der Waals surface area contributed by atoms with Crippen molar-refractivity contribution >= 4 is 33.1 Å². The van der Waals surface area contributed by atoms with E-state index in [0.717, 1.165) is 43.3 Å². The van der Waals surface area contributed by atoms with Crippen molar-refractivity contribution in [3.8, 4) is 0 Å². The molecule has 0 spiro atoms. The van der Waals surface area contributed by atoms with Gasteiger partial charge in [-0.3, -0.25) is 24.5 Å². The first-order valence-corrected chi connectivity index (χ1v) is 9.75. The number of anilines is 1. The number of pyridine rings is 1. The van der Waals surface area contributed by atoms with Gasteiger partial charge in [-0.2, -0.15) is 0 Å². The van der Waals surface area contributed by atoms with Crippen LogP contribution in [0.4, 0.5) is 5.69 Å². The summed E-state index contributed by atoms with van der Waals surface area (Å²) in [6, 6.07) is 5.50. The molecule has 1 aliphatic rings. The van der Waals surface area contributed by atoms with E-state index in [0.29, 0.717) is 15.9 Å². The zero-order chi connectivity index (χ0) is 19.7. The summed E-state index contributed by atoms with van der Waals surface area (Å²) in [4.78, 5) is 50.2. The lowest BCUT2D eigenvalue weighted by atomic mass is 10.2. The Bertz CT molecular complexity index is 1110. The molecule has 0 unspecified atom stereocenters. The monoisotopic (exact) mass is 400 g/mol. The van der Waals surface area contributed by atoms with E-state index >= 15 is 0 Å². The maximum atomic E-state index is 11.9. The zero-order valence-corrected chi connectivity index (χ0v) is 16.1. The normalized spacial score (nSPS) is 15.1. The third-order valence-corrected chi connectivity index (χ3v) is 5.84. The molecule has 146 valence electrons. The molecule has 0 atom stereocenters. The molecule has 3 aromatic heterocycles. The predicted octanol–water partition coefficient (Wildman–Crippen LogP) is 0.355. The third kappa shape index (κ3) is 3.69. The number of hydrogen-bond acceptors (Lipinski definition) is 7. The summed E-state index contributed by atoms with van der Waals surface area (Å²) in [6.45, 7) is 4.19. The van der Waals surface area contributed by atoms with Gasteiger partial charge in [0, 0.05) is 44.6 Å². The second-order valence-electron chi connectivity index (χ2n) is 6.61. The topological polar surface area (TPSA) is 114 Å². The van der Waals surface area contributed by atoms with Gasteiger partial charge in [0.1, 0.15) is 10.5 Å². The third-order valence-electron chi connectivity index (χ3n) is 4.81. The fourth-order valence-corrected chi connectivity index (χ4v) is 4.40. The molecule has 0 bridgehead atoms. The average molecular weight is 400 g/mol. The van der Waals surface area contributed by atoms with Crippen LogP contribution in [0, 0.1) is 0 Å². The van der Waals surface area contributed by atoms with E-state index in [1.807, 2.05) is 12.1 Å². The number of carbonyl (C=O) groups is 1. The van der Waals surface area contributed by atoms with Crippen molar-refractivity contribution in [2.75, 3.05) is 38.1 Å². The first-order valence-electron chi connectivity index (χ1n) is 8.94. The Balaban J connectivity index is 1.39. The minimum Gasteiger partial charge on any atom is -0.368 e. The Morgan fingerprint density at radius 3 is 2.68 bits per heavy atom. The molecule has 4 heterocycles. The summed E-state index contributed by atoms with van der Waals surface area (Å²) in [6.07, 6.45) is 1.73. The molecule has 1 amide bonds. The number of H-pyrrole nitrogens is 2. The maximum Gasteiger partial charge on any atom is 0.326 e. The smallest absolute Gasteiger partial charge is 0.326 e. The highest BCUT2D eigenvalue weighted by atomic mass is 32.1. The summed E-state index contributed by atoms with van der Waals surface area (Å²) in [7, 11) is 1.58. The summed E-state index contributed by atoms with van der Waals surface area (Å²) in [5.41, 5.74) is 0.579. The van der Waals surface area contributed by atoms with Crippen LogP contribution >= 0.6 is 11.3 Å². The van der Waals surface area contributed by atoms with Gasteiger partial charge in [-0.1, -0.05) is 0 Å². The number of thiophene rings is 1. The highest BCUT2D eigenvalue weighted by Gasteiger charge is 2.19. The van der Waals surface area contributed by atoms with Crippen LogP contribution in [0.5, 0.6) is 0 Å². The Kier molecular flexibility index (Phi) is 4.97. The van der Waals surface area contributed by atoms with Crippen LogP contribution in [0.2, 0.25) is 0 Å². The Labute approximate surface area is 164 Å². The van der Waals surface area contributed by atoms with Crippen molar-refractivity contribution in [1.82, 2.24) is 25.2 Å². The van der Waals surface area contributed by atoms with E-state index in [4.69, 9.17) is 0 Å². The second-order valence-corrected chi connectivity index (χ2v) is 7.74. The maximum absolute atomic E-state index is 11.9. The zero-order valence-electron chi connectivity index (χ0n) is 15.3. The van der Waals surface area contributed by atoms with E-state index in [1.165, 1.54) is 11.3 Å². The number of aromatic nitrogens is 3. The largest absolute Gasteiger partial charge is 0.368 e. The number of carbonyl (C=O) groups excluding carboxylic acids is 1. The number of rotatable bonds is 4. The molecule has 3 N–H and O–H groups in total. The highest BCUT2D eigenvalue weighted by molar-refractivity contribution is 7.18. The SMILES string of the molecule is CNC(=O)c1ccc(N2CCN(Cc3cc4c(=O)[nH]c(=O)[nH]c4s3)CC2)cn1. The molecule has 0 saturated carbocycles. The van der Waals surface area contributed by atoms with Gasteiger partial charge in [-0.05, 0) is 18.2 Å². The molecule has 0 aliphatic carbocycles. The minimum absolute atomic E-state index is 0.195. The molecule has 1 aliphatic heterocycles. The molecular weight excluding hydrogens is 380 g/mol. The summed E-state index contributed by atoms with van der Waals surface area (Å²) in [5, 5.41) is 3.09. The predicted molar refractivity (Wildman–Crippen MR) is 108 cm³/mol.